The smallest absolute Gasteiger partial charge is 0.330 e. The van der Waals surface area contributed by atoms with Crippen LogP contribution in [0.4, 0.5) is 0 Å². The second-order valence-electron chi connectivity index (χ2n) is 6.50. The Morgan fingerprint density at radius 2 is 2.22 bits per heavy atom. The third-order valence-corrected chi connectivity index (χ3v) is 5.47. The molecule has 1 aromatic rings. The molecule has 4 heteroatoms. The summed E-state index contributed by atoms with van der Waals surface area (Å²) >= 11 is 0. The number of rotatable bonds is 4. The van der Waals surface area contributed by atoms with E-state index >= 15 is 0 Å². The van der Waals surface area contributed by atoms with E-state index in [0.29, 0.717) is 12.0 Å². The van der Waals surface area contributed by atoms with Crippen molar-refractivity contribution in [2.45, 2.75) is 37.1 Å². The molecule has 2 aliphatic rings. The summed E-state index contributed by atoms with van der Waals surface area (Å²) in [6.07, 6.45) is 8.23. The highest BCUT2D eigenvalue weighted by molar-refractivity contribution is 5.81. The van der Waals surface area contributed by atoms with E-state index in [9.17, 15) is 4.79 Å². The number of benzene rings is 1. The third kappa shape index (κ3) is 3.00. The van der Waals surface area contributed by atoms with Crippen molar-refractivity contribution in [1.82, 2.24) is 5.32 Å². The van der Waals surface area contributed by atoms with Crippen molar-refractivity contribution < 1.29 is 14.3 Å². The fourth-order valence-corrected chi connectivity index (χ4v) is 4.35. The number of carbonyl (C=O) groups is 1. The average molecular weight is 315 g/mol. The lowest BCUT2D eigenvalue weighted by molar-refractivity contribution is -0.134. The topological polar surface area (TPSA) is 47.6 Å². The monoisotopic (exact) mass is 315 g/mol. The van der Waals surface area contributed by atoms with Gasteiger partial charge in [-0.25, -0.2) is 4.79 Å². The first-order valence-electron chi connectivity index (χ1n) is 8.34. The minimum atomic E-state index is -0.283. The van der Waals surface area contributed by atoms with Gasteiger partial charge in [-0.1, -0.05) is 24.6 Å². The highest BCUT2D eigenvalue weighted by Gasteiger charge is 2.47. The van der Waals surface area contributed by atoms with Crippen molar-refractivity contribution in [1.29, 1.82) is 0 Å². The van der Waals surface area contributed by atoms with E-state index in [1.54, 1.807) is 13.2 Å². The Morgan fingerprint density at radius 3 is 3.00 bits per heavy atom. The summed E-state index contributed by atoms with van der Waals surface area (Å²) in [6, 6.07) is 8.84. The summed E-state index contributed by atoms with van der Waals surface area (Å²) in [4.78, 5) is 11.6. The molecule has 0 aromatic heterocycles. The van der Waals surface area contributed by atoms with Gasteiger partial charge in [-0.15, -0.1) is 0 Å². The van der Waals surface area contributed by atoms with E-state index in [2.05, 4.69) is 29.6 Å². The van der Waals surface area contributed by atoms with Crippen LogP contribution in [-0.4, -0.2) is 32.8 Å². The number of hydrogen-bond acceptors (Lipinski definition) is 4. The van der Waals surface area contributed by atoms with E-state index in [-0.39, 0.29) is 11.4 Å². The van der Waals surface area contributed by atoms with Gasteiger partial charge in [-0.3, -0.25) is 0 Å². The van der Waals surface area contributed by atoms with E-state index in [0.717, 1.165) is 31.6 Å². The first-order valence-corrected chi connectivity index (χ1v) is 8.34. The maximum atomic E-state index is 11.6. The Hall–Kier alpha value is -1.81. The van der Waals surface area contributed by atoms with Crippen molar-refractivity contribution in [3.05, 3.63) is 42.0 Å². The zero-order valence-electron chi connectivity index (χ0n) is 13.9. The van der Waals surface area contributed by atoms with Crippen molar-refractivity contribution in [2.24, 2.45) is 5.92 Å². The molecule has 1 heterocycles. The van der Waals surface area contributed by atoms with Crippen LogP contribution in [0, 0.1) is 5.92 Å². The van der Waals surface area contributed by atoms with Crippen LogP contribution in [0.2, 0.25) is 0 Å². The molecule has 3 unspecified atom stereocenters. The van der Waals surface area contributed by atoms with Crippen molar-refractivity contribution in [2.75, 3.05) is 20.8 Å². The van der Waals surface area contributed by atoms with Crippen LogP contribution in [0.3, 0.4) is 0 Å². The van der Waals surface area contributed by atoms with E-state index in [1.165, 1.54) is 19.1 Å². The molecule has 1 aliphatic heterocycles. The van der Waals surface area contributed by atoms with Crippen LogP contribution >= 0.6 is 0 Å². The number of methoxy groups -OCH3 is 2. The molecule has 0 amide bonds. The minimum Gasteiger partial charge on any atom is -0.497 e. The van der Waals surface area contributed by atoms with E-state index < -0.39 is 0 Å². The molecule has 1 aliphatic carbocycles. The van der Waals surface area contributed by atoms with Crippen LogP contribution in [0.1, 0.15) is 31.2 Å². The van der Waals surface area contributed by atoms with E-state index in [4.69, 9.17) is 9.47 Å². The Kier molecular flexibility index (Phi) is 4.71. The van der Waals surface area contributed by atoms with Crippen molar-refractivity contribution >= 4 is 5.97 Å². The maximum Gasteiger partial charge on any atom is 0.330 e. The molecule has 1 aromatic carbocycles. The largest absolute Gasteiger partial charge is 0.497 e. The number of nitrogens with one attached hydrogen (secondary N) is 1. The Bertz CT molecular complexity index is 586. The number of fused-ring (bicyclic) bond motifs is 2. The van der Waals surface area contributed by atoms with Crippen LogP contribution in [0.5, 0.6) is 5.75 Å². The first-order chi connectivity index (χ1) is 11.2. The lowest BCUT2D eigenvalue weighted by Crippen LogP contribution is -2.56. The van der Waals surface area contributed by atoms with Gasteiger partial charge in [0.1, 0.15) is 5.75 Å². The van der Waals surface area contributed by atoms with Crippen LogP contribution < -0.4 is 10.1 Å². The van der Waals surface area contributed by atoms with Gasteiger partial charge in [0.2, 0.25) is 0 Å². The van der Waals surface area contributed by atoms with Crippen molar-refractivity contribution in [3.63, 3.8) is 0 Å². The first kappa shape index (κ1) is 16.1. The Morgan fingerprint density at radius 1 is 1.35 bits per heavy atom. The summed E-state index contributed by atoms with van der Waals surface area (Å²) in [5.74, 6) is 0.916. The molecule has 1 saturated carbocycles. The van der Waals surface area contributed by atoms with Gasteiger partial charge in [0, 0.05) is 23.5 Å². The van der Waals surface area contributed by atoms with Gasteiger partial charge < -0.3 is 14.8 Å². The fraction of sp³-hybridized carbons (Fsp3) is 0.526. The Labute approximate surface area is 137 Å². The molecule has 1 saturated heterocycles. The number of carbonyl (C=O) groups excluding carboxylic acids is 1. The molecule has 124 valence electrons. The van der Waals surface area contributed by atoms with Gasteiger partial charge in [0.25, 0.3) is 0 Å². The second kappa shape index (κ2) is 6.75. The second-order valence-corrected chi connectivity index (χ2v) is 6.50. The van der Waals surface area contributed by atoms with Crippen LogP contribution in [0.15, 0.2) is 36.4 Å². The quantitative estimate of drug-likeness (QED) is 0.685. The summed E-state index contributed by atoms with van der Waals surface area (Å²) in [6.45, 7) is 1.02. The lowest BCUT2D eigenvalue weighted by Gasteiger charge is -2.52. The maximum absolute atomic E-state index is 11.6. The standard InChI is InChI=1S/C19H25NO3/c1-22-15-6-3-5-14(13-15)19-10-4-7-17(20-12-11-19)16(19)8-9-18(21)23-2/h3,5-6,8-9,13,16-17,20H,4,7,10-12H2,1-2H3. The molecule has 0 radical (unpaired) electrons. The van der Waals surface area contributed by atoms with Gasteiger partial charge in [-0.2, -0.15) is 0 Å². The molecule has 23 heavy (non-hydrogen) atoms. The number of piperidine rings is 1. The molecular weight excluding hydrogens is 290 g/mol. The zero-order valence-corrected chi connectivity index (χ0v) is 13.9. The average Bonchev–Trinajstić information content (AvgIpc) is 2.59. The summed E-state index contributed by atoms with van der Waals surface area (Å²) < 4.78 is 10.2. The lowest BCUT2D eigenvalue weighted by atomic mass is 9.57. The van der Waals surface area contributed by atoms with E-state index in [1.807, 2.05) is 6.07 Å². The Balaban J connectivity index is 1.99. The van der Waals surface area contributed by atoms with Crippen LogP contribution in [-0.2, 0) is 14.9 Å². The number of esters is 1. The summed E-state index contributed by atoms with van der Waals surface area (Å²) in [7, 11) is 3.13. The SMILES string of the molecule is COC(=O)C=CC1C2CCCC1(c1cccc(OC)c1)CCN2. The highest BCUT2D eigenvalue weighted by atomic mass is 16.5. The molecule has 1 N–H and O–H groups in total. The fourth-order valence-electron chi connectivity index (χ4n) is 4.35. The predicted molar refractivity (Wildman–Crippen MR) is 89.6 cm³/mol. The molecule has 2 bridgehead atoms. The molecule has 2 fully saturated rings. The van der Waals surface area contributed by atoms with Gasteiger partial charge in [0.15, 0.2) is 0 Å². The van der Waals surface area contributed by atoms with Gasteiger partial charge in [-0.05, 0) is 43.5 Å². The zero-order chi connectivity index (χ0) is 16.3. The molecular formula is C19H25NO3. The van der Waals surface area contributed by atoms with Gasteiger partial charge in [0.05, 0.1) is 14.2 Å². The minimum absolute atomic E-state index is 0.0766. The number of hydrogen-bond donors (Lipinski definition) is 1. The highest BCUT2D eigenvalue weighted by Crippen LogP contribution is 2.49. The molecule has 0 spiro atoms. The molecule has 3 rings (SSSR count). The van der Waals surface area contributed by atoms with Crippen LogP contribution in [0.25, 0.3) is 0 Å². The van der Waals surface area contributed by atoms with Gasteiger partial charge >= 0.3 is 5.97 Å². The summed E-state index contributed by atoms with van der Waals surface area (Å²) in [5.41, 5.74) is 1.40. The third-order valence-electron chi connectivity index (χ3n) is 5.47. The molecule has 3 atom stereocenters. The number of ether oxygens (including phenoxy) is 2. The van der Waals surface area contributed by atoms with Crippen molar-refractivity contribution in [3.8, 4) is 5.75 Å². The summed E-state index contributed by atoms with van der Waals surface area (Å²) in [5, 5.41) is 3.63. The predicted octanol–water partition coefficient (Wildman–Crippen LogP) is 2.82. The normalized spacial score (nSPS) is 30.2. The molecule has 4 nitrogen and oxygen atoms in total.